The summed E-state index contributed by atoms with van der Waals surface area (Å²) in [5, 5.41) is 2.53. The van der Waals surface area contributed by atoms with E-state index in [4.69, 9.17) is 0 Å². The van der Waals surface area contributed by atoms with Crippen molar-refractivity contribution in [3.05, 3.63) is 77.7 Å². The fraction of sp³-hybridized carbons (Fsp3) is 0.400. The Morgan fingerprint density at radius 3 is 2.27 bits per heavy atom. The zero-order valence-electron chi connectivity index (χ0n) is 17.8. The highest BCUT2D eigenvalue weighted by Crippen LogP contribution is 2.21. The van der Waals surface area contributed by atoms with Gasteiger partial charge in [0.05, 0.1) is 5.69 Å². The Bertz CT molecular complexity index is 700. The van der Waals surface area contributed by atoms with Crippen molar-refractivity contribution in [2.24, 2.45) is 0 Å². The topological polar surface area (TPSA) is 12.9 Å². The predicted octanol–water partition coefficient (Wildman–Crippen LogP) is 8.08. The van der Waals surface area contributed by atoms with Crippen molar-refractivity contribution in [3.63, 3.8) is 0 Å². The molecule has 1 aliphatic rings. The molecule has 0 saturated heterocycles. The first kappa shape index (κ1) is 23.9. The maximum absolute atomic E-state index is 4.57. The summed E-state index contributed by atoms with van der Waals surface area (Å²) < 4.78 is 0. The molecule has 0 bridgehead atoms. The van der Waals surface area contributed by atoms with E-state index in [-0.39, 0.29) is 0 Å². The molecule has 0 aliphatic heterocycles. The second-order valence-corrected chi connectivity index (χ2v) is 5.70. The average Bonchev–Trinajstić information content (AvgIpc) is 2.90. The van der Waals surface area contributed by atoms with Gasteiger partial charge < -0.3 is 0 Å². The fourth-order valence-electron chi connectivity index (χ4n) is 2.44. The highest BCUT2D eigenvalue weighted by molar-refractivity contribution is 5.84. The Balaban J connectivity index is 0.000000793. The van der Waals surface area contributed by atoms with Gasteiger partial charge in [-0.1, -0.05) is 108 Å². The largest absolute Gasteiger partial charge is 0.260 e. The molecule has 1 aromatic heterocycles. The molecule has 0 fully saturated rings. The first-order valence-electron chi connectivity index (χ1n) is 10.1. The van der Waals surface area contributed by atoms with Crippen LogP contribution in [0.2, 0.25) is 0 Å². The van der Waals surface area contributed by atoms with Crippen molar-refractivity contribution in [1.82, 2.24) is 4.98 Å². The molecular weight excluding hydrogens is 314 g/mol. The monoisotopic (exact) mass is 351 g/mol. The maximum Gasteiger partial charge on any atom is 0.0522 e. The van der Waals surface area contributed by atoms with Gasteiger partial charge in [-0.3, -0.25) is 4.98 Å². The van der Waals surface area contributed by atoms with Crippen molar-refractivity contribution in [3.8, 4) is 0 Å². The van der Waals surface area contributed by atoms with E-state index in [9.17, 15) is 0 Å². The molecule has 1 heteroatoms. The van der Waals surface area contributed by atoms with Gasteiger partial charge in [0.2, 0.25) is 0 Å². The summed E-state index contributed by atoms with van der Waals surface area (Å²) in [6.45, 7) is 14.4. The summed E-state index contributed by atoms with van der Waals surface area (Å²) >= 11 is 0. The quantitative estimate of drug-likeness (QED) is 0.533. The maximum atomic E-state index is 4.57. The van der Waals surface area contributed by atoms with Crippen LogP contribution in [0.5, 0.6) is 0 Å². The Morgan fingerprint density at radius 1 is 0.923 bits per heavy atom. The molecule has 0 unspecified atom stereocenters. The van der Waals surface area contributed by atoms with Gasteiger partial charge in [0, 0.05) is 18.0 Å². The van der Waals surface area contributed by atoms with Crippen LogP contribution in [0.1, 0.15) is 67.0 Å². The van der Waals surface area contributed by atoms with E-state index < -0.39 is 0 Å². The molecule has 1 aromatic carbocycles. The third kappa shape index (κ3) is 8.29. The van der Waals surface area contributed by atoms with Gasteiger partial charge in [0.15, 0.2) is 0 Å². The van der Waals surface area contributed by atoms with E-state index in [0.29, 0.717) is 0 Å². The van der Waals surface area contributed by atoms with E-state index in [0.717, 1.165) is 12.8 Å². The Morgan fingerprint density at radius 2 is 1.58 bits per heavy atom. The van der Waals surface area contributed by atoms with Gasteiger partial charge in [0.1, 0.15) is 0 Å². The van der Waals surface area contributed by atoms with Gasteiger partial charge in [-0.15, -0.1) is 0 Å². The molecule has 142 valence electrons. The summed E-state index contributed by atoms with van der Waals surface area (Å²) in [6, 6.07) is 10.5. The van der Waals surface area contributed by atoms with Crippen LogP contribution >= 0.6 is 0 Å². The number of nitrogens with zero attached hydrogens (tertiary/aromatic N) is 1. The van der Waals surface area contributed by atoms with E-state index in [1.54, 1.807) is 0 Å². The number of hydrogen-bond acceptors (Lipinski definition) is 1. The highest BCUT2D eigenvalue weighted by Gasteiger charge is 2.05. The molecule has 0 spiro atoms. The lowest BCUT2D eigenvalue weighted by Crippen LogP contribution is -1.94. The molecule has 3 rings (SSSR count). The minimum atomic E-state index is 0.926. The van der Waals surface area contributed by atoms with Crippen LogP contribution in [0, 0.1) is 0 Å². The third-order valence-electron chi connectivity index (χ3n) is 3.49. The van der Waals surface area contributed by atoms with Crippen LogP contribution in [0.15, 0.2) is 72.0 Å². The molecule has 1 aliphatic carbocycles. The molecule has 0 atom stereocenters. The van der Waals surface area contributed by atoms with Crippen LogP contribution < -0.4 is 0 Å². The van der Waals surface area contributed by atoms with Crippen LogP contribution in [0.3, 0.4) is 0 Å². The zero-order chi connectivity index (χ0) is 19.8. The number of allylic oxidation sites excluding steroid dienone is 6. The normalized spacial score (nSPS) is 12.1. The van der Waals surface area contributed by atoms with E-state index in [1.165, 1.54) is 34.0 Å². The summed E-state index contributed by atoms with van der Waals surface area (Å²) in [6.07, 6.45) is 13.9. The third-order valence-corrected chi connectivity index (χ3v) is 3.49. The highest BCUT2D eigenvalue weighted by atomic mass is 14.7. The summed E-state index contributed by atoms with van der Waals surface area (Å²) in [4.78, 5) is 4.57. The van der Waals surface area contributed by atoms with Crippen LogP contribution in [-0.2, 0) is 6.42 Å². The average molecular weight is 352 g/mol. The van der Waals surface area contributed by atoms with Gasteiger partial charge in [-0.25, -0.2) is 0 Å². The summed E-state index contributed by atoms with van der Waals surface area (Å²) in [5.41, 5.74) is 3.89. The molecule has 0 N–H and O–H groups in total. The first-order valence-corrected chi connectivity index (χ1v) is 10.1. The standard InChI is InChI=1S/C18H17N.C3H8.2C2H6/c1-14-5-4-6-15(10-9-14)13-18-17-8-3-2-7-16(17)11-12-19-18;1-3-2;2*1-2/h2-5,7-12H,6,13H2,1H3;3H2,1-2H3;2*1-2H3. The zero-order valence-corrected chi connectivity index (χ0v) is 17.8. The smallest absolute Gasteiger partial charge is 0.0522 e. The minimum Gasteiger partial charge on any atom is -0.260 e. The van der Waals surface area contributed by atoms with E-state index in [1.807, 2.05) is 33.9 Å². The van der Waals surface area contributed by atoms with Crippen molar-refractivity contribution in [1.29, 1.82) is 0 Å². The lowest BCUT2D eigenvalue weighted by Gasteiger charge is -2.07. The molecule has 26 heavy (non-hydrogen) atoms. The van der Waals surface area contributed by atoms with E-state index in [2.05, 4.69) is 80.4 Å². The number of hydrogen-bond donors (Lipinski definition) is 0. The van der Waals surface area contributed by atoms with Crippen molar-refractivity contribution >= 4 is 10.8 Å². The van der Waals surface area contributed by atoms with Gasteiger partial charge >= 0.3 is 0 Å². The number of rotatable bonds is 2. The Hall–Kier alpha value is -2.15. The van der Waals surface area contributed by atoms with Crippen LogP contribution in [0.4, 0.5) is 0 Å². The molecular formula is C25H37N. The lowest BCUT2D eigenvalue weighted by molar-refractivity contribution is 1.02. The first-order chi connectivity index (χ1) is 12.7. The Kier molecular flexibility index (Phi) is 13.9. The molecule has 0 amide bonds. The van der Waals surface area contributed by atoms with Crippen molar-refractivity contribution in [2.45, 2.75) is 67.7 Å². The fourth-order valence-corrected chi connectivity index (χ4v) is 2.44. The van der Waals surface area contributed by atoms with Crippen molar-refractivity contribution < 1.29 is 0 Å². The summed E-state index contributed by atoms with van der Waals surface area (Å²) in [7, 11) is 0. The van der Waals surface area contributed by atoms with E-state index >= 15 is 0 Å². The molecule has 1 heterocycles. The lowest BCUT2D eigenvalue weighted by atomic mass is 10.0. The van der Waals surface area contributed by atoms with Crippen LogP contribution in [0.25, 0.3) is 10.8 Å². The number of fused-ring (bicyclic) bond motifs is 1. The number of pyridine rings is 1. The number of aromatic nitrogens is 1. The van der Waals surface area contributed by atoms with Gasteiger partial charge in [-0.05, 0) is 24.8 Å². The van der Waals surface area contributed by atoms with Crippen LogP contribution in [-0.4, -0.2) is 4.98 Å². The van der Waals surface area contributed by atoms with Crippen molar-refractivity contribution in [2.75, 3.05) is 0 Å². The predicted molar refractivity (Wildman–Crippen MR) is 120 cm³/mol. The molecule has 1 nitrogen and oxygen atoms in total. The van der Waals surface area contributed by atoms with Gasteiger partial charge in [-0.2, -0.15) is 0 Å². The molecule has 0 saturated carbocycles. The second-order valence-electron chi connectivity index (χ2n) is 5.70. The Labute approximate surface area is 161 Å². The minimum absolute atomic E-state index is 0.926. The summed E-state index contributed by atoms with van der Waals surface area (Å²) in [5.74, 6) is 0. The second kappa shape index (κ2) is 15.1. The van der Waals surface area contributed by atoms with Gasteiger partial charge in [0.25, 0.3) is 0 Å². The molecule has 2 aromatic rings. The SMILES string of the molecule is CC.CC.CC1=CC=C(Cc2nccc3ccccc23)CC=C1.CCC. The molecule has 0 radical (unpaired) electrons. The number of benzene rings is 1.